The van der Waals surface area contributed by atoms with Crippen LogP contribution in [0.1, 0.15) is 24.1 Å². The van der Waals surface area contributed by atoms with Crippen molar-refractivity contribution in [1.82, 2.24) is 29.3 Å². The third-order valence-corrected chi connectivity index (χ3v) is 7.30. The Kier molecular flexibility index (Phi) is 8.56. The van der Waals surface area contributed by atoms with E-state index in [9.17, 15) is 5.26 Å². The highest BCUT2D eigenvalue weighted by molar-refractivity contribution is 5.87. The zero-order valence-electron chi connectivity index (χ0n) is 21.8. The number of fused-ring (bicyclic) bond motifs is 1. The van der Waals surface area contributed by atoms with Crippen molar-refractivity contribution >= 4 is 36.1 Å². The van der Waals surface area contributed by atoms with Gasteiger partial charge in [0.1, 0.15) is 11.9 Å². The van der Waals surface area contributed by atoms with Crippen LogP contribution in [0.5, 0.6) is 0 Å². The highest BCUT2D eigenvalue weighted by Crippen LogP contribution is 2.32. The van der Waals surface area contributed by atoms with Crippen molar-refractivity contribution in [2.45, 2.75) is 13.0 Å². The minimum Gasteiger partial charge on any atom is -0.354 e. The quantitative estimate of drug-likeness (QED) is 0.286. The smallest absolute Gasteiger partial charge is 0.128 e. The monoisotopic (exact) mass is 560 g/mol. The minimum atomic E-state index is 0. The Balaban J connectivity index is 0.00000176. The summed E-state index contributed by atoms with van der Waals surface area (Å²) in [6, 6.07) is 19.6. The number of nitrogens with zero attached hydrogens (tertiary/aromatic N) is 8. The fourth-order valence-corrected chi connectivity index (χ4v) is 5.16. The maximum absolute atomic E-state index is 9.69. The van der Waals surface area contributed by atoms with Crippen molar-refractivity contribution in [3.8, 4) is 28.3 Å². The first kappa shape index (κ1) is 28.1. The van der Waals surface area contributed by atoms with Crippen molar-refractivity contribution in [2.24, 2.45) is 7.05 Å². The van der Waals surface area contributed by atoms with Gasteiger partial charge in [0.15, 0.2) is 0 Å². The Labute approximate surface area is 240 Å². The highest BCUT2D eigenvalue weighted by Gasteiger charge is 2.23. The predicted molar refractivity (Wildman–Crippen MR) is 158 cm³/mol. The molecule has 0 radical (unpaired) electrons. The Hall–Kier alpha value is -3.90. The number of rotatable bonds is 5. The van der Waals surface area contributed by atoms with E-state index < -0.39 is 0 Å². The molecule has 1 aliphatic heterocycles. The molecule has 200 valence electrons. The second-order valence-corrected chi connectivity index (χ2v) is 9.52. The third kappa shape index (κ3) is 5.48. The number of hydrogen-bond acceptors (Lipinski definition) is 6. The Bertz CT molecular complexity index is 1580. The van der Waals surface area contributed by atoms with Gasteiger partial charge in [-0.15, -0.1) is 24.8 Å². The molecule has 10 heteroatoms. The molecule has 1 fully saturated rings. The highest BCUT2D eigenvalue weighted by atomic mass is 35.5. The van der Waals surface area contributed by atoms with Gasteiger partial charge in [-0.05, 0) is 30.7 Å². The van der Waals surface area contributed by atoms with Gasteiger partial charge in [0, 0.05) is 80.1 Å². The Morgan fingerprint density at radius 1 is 0.846 bits per heavy atom. The van der Waals surface area contributed by atoms with Crippen molar-refractivity contribution in [2.75, 3.05) is 31.1 Å². The SMILES string of the molecule is C[C@H](c1ccccc1)N1CCN(c2ccc(-c3cc(-c4cnn(C)c4)cn4ncc(C#N)c34)cn2)CC1.Cl.Cl. The second kappa shape index (κ2) is 11.9. The summed E-state index contributed by atoms with van der Waals surface area (Å²) < 4.78 is 3.55. The van der Waals surface area contributed by atoms with Crippen LogP contribution in [0, 0.1) is 11.3 Å². The van der Waals surface area contributed by atoms with Gasteiger partial charge in [0.25, 0.3) is 0 Å². The predicted octanol–water partition coefficient (Wildman–Crippen LogP) is 5.40. The van der Waals surface area contributed by atoms with Crippen molar-refractivity contribution in [1.29, 1.82) is 5.26 Å². The average Bonchev–Trinajstić information content (AvgIpc) is 3.59. The molecule has 6 rings (SSSR count). The van der Waals surface area contributed by atoms with E-state index in [-0.39, 0.29) is 24.8 Å². The molecule has 0 aliphatic carbocycles. The van der Waals surface area contributed by atoms with Crippen molar-refractivity contribution in [3.05, 3.63) is 90.6 Å². The molecule has 1 saturated heterocycles. The number of pyridine rings is 2. The van der Waals surface area contributed by atoms with E-state index in [1.165, 1.54) is 5.56 Å². The van der Waals surface area contributed by atoms with Gasteiger partial charge in [-0.3, -0.25) is 9.58 Å². The van der Waals surface area contributed by atoms with E-state index in [1.54, 1.807) is 15.4 Å². The molecule has 0 spiro atoms. The first-order valence-corrected chi connectivity index (χ1v) is 12.5. The molecule has 1 aromatic carbocycles. The van der Waals surface area contributed by atoms with Crippen LogP contribution >= 0.6 is 24.8 Å². The summed E-state index contributed by atoms with van der Waals surface area (Å²) in [6.45, 7) is 6.14. The topological polar surface area (TPSA) is 78.3 Å². The maximum atomic E-state index is 9.69. The number of benzene rings is 1. The number of nitriles is 1. The summed E-state index contributed by atoms with van der Waals surface area (Å²) in [4.78, 5) is 9.72. The molecular formula is C29H30Cl2N8. The lowest BCUT2D eigenvalue weighted by Gasteiger charge is -2.38. The van der Waals surface area contributed by atoms with Gasteiger partial charge in [-0.25, -0.2) is 9.50 Å². The number of aryl methyl sites for hydroxylation is 1. The Morgan fingerprint density at radius 2 is 1.62 bits per heavy atom. The number of piperazine rings is 1. The van der Waals surface area contributed by atoms with Gasteiger partial charge in [0.05, 0.1) is 23.5 Å². The summed E-state index contributed by atoms with van der Waals surface area (Å²) in [5, 5.41) is 18.4. The van der Waals surface area contributed by atoms with Gasteiger partial charge >= 0.3 is 0 Å². The number of halogens is 2. The molecule has 0 saturated carbocycles. The molecule has 5 heterocycles. The first-order chi connectivity index (χ1) is 18.1. The summed E-state index contributed by atoms with van der Waals surface area (Å²) in [6.07, 6.45) is 9.27. The zero-order valence-corrected chi connectivity index (χ0v) is 23.4. The molecule has 4 aromatic heterocycles. The maximum Gasteiger partial charge on any atom is 0.128 e. The largest absolute Gasteiger partial charge is 0.354 e. The van der Waals surface area contributed by atoms with Crippen LogP contribution in [0.3, 0.4) is 0 Å². The average molecular weight is 562 g/mol. The van der Waals surface area contributed by atoms with Crippen LogP contribution in [0.4, 0.5) is 5.82 Å². The van der Waals surface area contributed by atoms with Crippen molar-refractivity contribution < 1.29 is 0 Å². The molecule has 0 bridgehead atoms. The van der Waals surface area contributed by atoms with Crippen LogP contribution in [-0.4, -0.2) is 55.5 Å². The summed E-state index contributed by atoms with van der Waals surface area (Å²) in [5.41, 5.74) is 6.54. The number of anilines is 1. The zero-order chi connectivity index (χ0) is 25.4. The van der Waals surface area contributed by atoms with Gasteiger partial charge < -0.3 is 4.90 Å². The first-order valence-electron chi connectivity index (χ1n) is 12.5. The number of aromatic nitrogens is 5. The third-order valence-electron chi connectivity index (χ3n) is 7.30. The molecule has 0 N–H and O–H groups in total. The molecule has 39 heavy (non-hydrogen) atoms. The molecule has 0 unspecified atom stereocenters. The van der Waals surface area contributed by atoms with Crippen LogP contribution in [-0.2, 0) is 7.05 Å². The minimum absolute atomic E-state index is 0. The van der Waals surface area contributed by atoms with Gasteiger partial charge in [-0.2, -0.15) is 15.5 Å². The fourth-order valence-electron chi connectivity index (χ4n) is 5.16. The van der Waals surface area contributed by atoms with Gasteiger partial charge in [0.2, 0.25) is 0 Å². The fraction of sp³-hybridized carbons (Fsp3) is 0.241. The van der Waals surface area contributed by atoms with E-state index in [0.717, 1.165) is 59.8 Å². The molecular weight excluding hydrogens is 531 g/mol. The van der Waals surface area contributed by atoms with Crippen LogP contribution in [0.2, 0.25) is 0 Å². The molecule has 8 nitrogen and oxygen atoms in total. The second-order valence-electron chi connectivity index (χ2n) is 9.52. The lowest BCUT2D eigenvalue weighted by atomic mass is 10.0. The number of hydrogen-bond donors (Lipinski definition) is 0. The lowest BCUT2D eigenvalue weighted by Crippen LogP contribution is -2.47. The standard InChI is InChI=1S/C29H28N8.2ClH/c1-21(22-6-4-3-5-7-22)35-10-12-36(13-11-35)28-9-8-23(16-31-28)27-14-24(26-18-32-34(2)19-26)20-37-29(27)25(15-30)17-33-37;;/h3-9,14,16-21H,10-13H2,1-2H3;2*1H/t21-;;/m1../s1. The van der Waals surface area contributed by atoms with E-state index >= 15 is 0 Å². The van der Waals surface area contributed by atoms with E-state index in [4.69, 9.17) is 4.98 Å². The van der Waals surface area contributed by atoms with Gasteiger partial charge in [-0.1, -0.05) is 30.3 Å². The van der Waals surface area contributed by atoms with E-state index in [2.05, 4.69) is 81.5 Å². The normalized spacial score (nSPS) is 14.3. The van der Waals surface area contributed by atoms with Crippen LogP contribution < -0.4 is 4.90 Å². The summed E-state index contributed by atoms with van der Waals surface area (Å²) in [7, 11) is 1.90. The van der Waals surface area contributed by atoms with Crippen LogP contribution in [0.15, 0.2) is 79.5 Å². The molecule has 1 aliphatic rings. The molecule has 1 atom stereocenters. The molecule has 0 amide bonds. The summed E-state index contributed by atoms with van der Waals surface area (Å²) >= 11 is 0. The molecule has 5 aromatic rings. The van der Waals surface area contributed by atoms with Crippen LogP contribution in [0.25, 0.3) is 27.8 Å². The lowest BCUT2D eigenvalue weighted by molar-refractivity contribution is 0.198. The summed E-state index contributed by atoms with van der Waals surface area (Å²) in [5.74, 6) is 0.976. The van der Waals surface area contributed by atoms with Crippen molar-refractivity contribution in [3.63, 3.8) is 0 Å². The van der Waals surface area contributed by atoms with E-state index in [1.807, 2.05) is 31.8 Å². The Morgan fingerprint density at radius 3 is 2.26 bits per heavy atom. The van der Waals surface area contributed by atoms with E-state index in [0.29, 0.717) is 11.6 Å².